The number of rotatable bonds is 8. The molecule has 26 heavy (non-hydrogen) atoms. The van der Waals surface area contributed by atoms with Crippen molar-refractivity contribution < 1.29 is 9.47 Å². The molecule has 5 nitrogen and oxygen atoms in total. The summed E-state index contributed by atoms with van der Waals surface area (Å²) in [6.07, 6.45) is 1.82. The maximum absolute atomic E-state index is 5.93. The molecule has 0 aliphatic heterocycles. The molecule has 0 heterocycles. The van der Waals surface area contributed by atoms with Gasteiger partial charge < -0.3 is 20.5 Å². The number of methoxy groups -OCH3 is 1. The Morgan fingerprint density at radius 2 is 1.85 bits per heavy atom. The fraction of sp³-hybridized carbons (Fsp3) is 0.350. The van der Waals surface area contributed by atoms with Gasteiger partial charge in [-0.2, -0.15) is 0 Å². The van der Waals surface area contributed by atoms with Gasteiger partial charge in [0, 0.05) is 12.2 Å². The van der Waals surface area contributed by atoms with Crippen molar-refractivity contribution in [2.75, 3.05) is 25.6 Å². The van der Waals surface area contributed by atoms with Gasteiger partial charge >= 0.3 is 0 Å². The Hall–Kier alpha value is -1.96. The van der Waals surface area contributed by atoms with Crippen molar-refractivity contribution in [1.82, 2.24) is 0 Å². The van der Waals surface area contributed by atoms with Crippen LogP contribution in [0.1, 0.15) is 24.5 Å². The SMILES string of the molecule is CCOc1cc(CCCN=C(N)Nc2ccc(C)cc2)ccc1OC.I. The Kier molecular flexibility index (Phi) is 9.87. The molecule has 2 aromatic rings. The van der Waals surface area contributed by atoms with Gasteiger partial charge in [-0.25, -0.2) is 0 Å². The molecule has 0 aromatic heterocycles. The minimum absolute atomic E-state index is 0. The zero-order valence-corrected chi connectivity index (χ0v) is 17.9. The molecule has 6 heteroatoms. The van der Waals surface area contributed by atoms with Gasteiger partial charge in [-0.05, 0) is 56.5 Å². The van der Waals surface area contributed by atoms with Crippen molar-refractivity contribution in [3.05, 3.63) is 53.6 Å². The Morgan fingerprint density at radius 1 is 1.12 bits per heavy atom. The highest BCUT2D eigenvalue weighted by Gasteiger charge is 2.05. The average molecular weight is 469 g/mol. The summed E-state index contributed by atoms with van der Waals surface area (Å²) in [6.45, 7) is 5.30. The molecule has 0 aliphatic carbocycles. The van der Waals surface area contributed by atoms with Crippen molar-refractivity contribution in [3.8, 4) is 11.5 Å². The maximum Gasteiger partial charge on any atom is 0.193 e. The van der Waals surface area contributed by atoms with Crippen LogP contribution in [0.5, 0.6) is 11.5 Å². The number of nitrogens with one attached hydrogen (secondary N) is 1. The van der Waals surface area contributed by atoms with Gasteiger partial charge in [-0.15, -0.1) is 24.0 Å². The van der Waals surface area contributed by atoms with Gasteiger partial charge in [0.05, 0.1) is 13.7 Å². The number of halogens is 1. The molecule has 2 aromatic carbocycles. The van der Waals surface area contributed by atoms with E-state index in [1.165, 1.54) is 11.1 Å². The summed E-state index contributed by atoms with van der Waals surface area (Å²) >= 11 is 0. The van der Waals surface area contributed by atoms with Gasteiger partial charge in [-0.3, -0.25) is 4.99 Å². The Morgan fingerprint density at radius 3 is 2.50 bits per heavy atom. The van der Waals surface area contributed by atoms with E-state index >= 15 is 0 Å². The molecule has 0 amide bonds. The van der Waals surface area contributed by atoms with Gasteiger partial charge in [0.25, 0.3) is 0 Å². The van der Waals surface area contributed by atoms with E-state index in [9.17, 15) is 0 Å². The first kappa shape index (κ1) is 22.1. The topological polar surface area (TPSA) is 68.9 Å². The van der Waals surface area contributed by atoms with E-state index in [4.69, 9.17) is 15.2 Å². The second-order valence-electron chi connectivity index (χ2n) is 5.78. The van der Waals surface area contributed by atoms with Gasteiger partial charge in [0.15, 0.2) is 17.5 Å². The summed E-state index contributed by atoms with van der Waals surface area (Å²) in [5.41, 5.74) is 9.29. The van der Waals surface area contributed by atoms with Crippen molar-refractivity contribution in [2.45, 2.75) is 26.7 Å². The highest BCUT2D eigenvalue weighted by molar-refractivity contribution is 14.0. The normalized spacial score (nSPS) is 10.8. The van der Waals surface area contributed by atoms with Gasteiger partial charge in [0.1, 0.15) is 0 Å². The molecule has 0 radical (unpaired) electrons. The number of nitrogens with two attached hydrogens (primary N) is 1. The standard InChI is InChI=1S/C20H27N3O2.HI/c1-4-25-19-14-16(9-12-18(19)24-3)6-5-13-22-20(21)23-17-10-7-15(2)8-11-17;/h7-12,14H,4-6,13H2,1-3H3,(H3,21,22,23);1H. The van der Waals surface area contributed by atoms with Crippen molar-refractivity contribution in [2.24, 2.45) is 10.7 Å². The molecular formula is C20H28IN3O2. The summed E-state index contributed by atoms with van der Waals surface area (Å²) in [5, 5.41) is 3.10. The number of hydrogen-bond acceptors (Lipinski definition) is 3. The third-order valence-corrected chi connectivity index (χ3v) is 3.76. The molecular weight excluding hydrogens is 441 g/mol. The first-order valence-corrected chi connectivity index (χ1v) is 8.55. The van der Waals surface area contributed by atoms with E-state index in [0.717, 1.165) is 30.0 Å². The van der Waals surface area contributed by atoms with Crippen LogP contribution in [-0.4, -0.2) is 26.2 Å². The smallest absolute Gasteiger partial charge is 0.193 e. The lowest BCUT2D eigenvalue weighted by atomic mass is 10.1. The van der Waals surface area contributed by atoms with Crippen molar-refractivity contribution >= 4 is 35.6 Å². The molecule has 0 saturated carbocycles. The molecule has 0 fully saturated rings. The predicted molar refractivity (Wildman–Crippen MR) is 119 cm³/mol. The minimum Gasteiger partial charge on any atom is -0.493 e. The van der Waals surface area contributed by atoms with E-state index in [1.54, 1.807) is 7.11 Å². The molecule has 2 rings (SSSR count). The molecule has 0 spiro atoms. The van der Waals surface area contributed by atoms with Crippen LogP contribution in [-0.2, 0) is 6.42 Å². The van der Waals surface area contributed by atoms with Crippen LogP contribution in [0.3, 0.4) is 0 Å². The number of anilines is 1. The van der Waals surface area contributed by atoms with Crippen LogP contribution in [0.25, 0.3) is 0 Å². The van der Waals surface area contributed by atoms with Crippen molar-refractivity contribution in [1.29, 1.82) is 0 Å². The number of aryl methyl sites for hydroxylation is 2. The lowest BCUT2D eigenvalue weighted by Gasteiger charge is -2.11. The van der Waals surface area contributed by atoms with Gasteiger partial charge in [-0.1, -0.05) is 23.8 Å². The minimum atomic E-state index is 0. The van der Waals surface area contributed by atoms with E-state index < -0.39 is 0 Å². The highest BCUT2D eigenvalue weighted by Crippen LogP contribution is 2.28. The fourth-order valence-electron chi connectivity index (χ4n) is 2.45. The molecule has 0 saturated heterocycles. The average Bonchev–Trinajstić information content (AvgIpc) is 2.61. The molecule has 0 unspecified atom stereocenters. The Bertz CT molecular complexity index is 703. The Balaban J connectivity index is 0.00000338. The van der Waals surface area contributed by atoms with Crippen molar-refractivity contribution in [3.63, 3.8) is 0 Å². The number of hydrogen-bond donors (Lipinski definition) is 2. The predicted octanol–water partition coefficient (Wildman–Crippen LogP) is 4.38. The molecule has 3 N–H and O–H groups in total. The summed E-state index contributed by atoms with van der Waals surface area (Å²) in [7, 11) is 1.65. The maximum atomic E-state index is 5.93. The zero-order chi connectivity index (χ0) is 18.1. The van der Waals surface area contributed by atoms with E-state index in [1.807, 2.05) is 43.3 Å². The van der Waals surface area contributed by atoms with Crippen LogP contribution in [0.2, 0.25) is 0 Å². The number of nitrogens with zero attached hydrogens (tertiary/aromatic N) is 1. The molecule has 0 bridgehead atoms. The third kappa shape index (κ3) is 7.11. The fourth-order valence-corrected chi connectivity index (χ4v) is 2.45. The third-order valence-electron chi connectivity index (χ3n) is 3.76. The van der Waals surface area contributed by atoms with Crippen LogP contribution in [0, 0.1) is 6.92 Å². The second kappa shape index (κ2) is 11.6. The number of ether oxygens (including phenoxy) is 2. The van der Waals surface area contributed by atoms with E-state index in [-0.39, 0.29) is 24.0 Å². The van der Waals surface area contributed by atoms with E-state index in [2.05, 4.69) is 23.3 Å². The first-order chi connectivity index (χ1) is 12.1. The summed E-state index contributed by atoms with van der Waals surface area (Å²) < 4.78 is 10.9. The number of benzene rings is 2. The molecule has 0 aliphatic rings. The largest absolute Gasteiger partial charge is 0.493 e. The number of aliphatic imine (C=N–C) groups is 1. The lowest BCUT2D eigenvalue weighted by molar-refractivity contribution is 0.310. The van der Waals surface area contributed by atoms with Crippen LogP contribution < -0.4 is 20.5 Å². The number of guanidine groups is 1. The monoisotopic (exact) mass is 469 g/mol. The highest BCUT2D eigenvalue weighted by atomic mass is 127. The lowest BCUT2D eigenvalue weighted by Crippen LogP contribution is -2.22. The van der Waals surface area contributed by atoms with E-state index in [0.29, 0.717) is 19.1 Å². The van der Waals surface area contributed by atoms with Crippen LogP contribution >= 0.6 is 24.0 Å². The summed E-state index contributed by atoms with van der Waals surface area (Å²) in [5.74, 6) is 1.98. The quantitative estimate of drug-likeness (QED) is 0.261. The molecule has 0 atom stereocenters. The van der Waals surface area contributed by atoms with Crippen LogP contribution in [0.4, 0.5) is 5.69 Å². The van der Waals surface area contributed by atoms with Crippen LogP contribution in [0.15, 0.2) is 47.5 Å². The first-order valence-electron chi connectivity index (χ1n) is 8.55. The summed E-state index contributed by atoms with van der Waals surface area (Å²) in [6, 6.07) is 14.1. The second-order valence-corrected chi connectivity index (χ2v) is 5.78. The zero-order valence-electron chi connectivity index (χ0n) is 15.6. The van der Waals surface area contributed by atoms with Gasteiger partial charge in [0.2, 0.25) is 0 Å². The molecule has 142 valence electrons. The Labute approximate surface area is 173 Å². The summed E-state index contributed by atoms with van der Waals surface area (Å²) in [4.78, 5) is 4.38.